The van der Waals surface area contributed by atoms with Crippen LogP contribution < -0.4 is 11.2 Å². The maximum atomic E-state index is 12.0. The molecule has 24 heavy (non-hydrogen) atoms. The van der Waals surface area contributed by atoms with E-state index in [0.29, 0.717) is 25.3 Å². The molecule has 8 nitrogen and oxygen atoms in total. The molecule has 2 aromatic rings. The summed E-state index contributed by atoms with van der Waals surface area (Å²) in [5.74, 6) is 0.717. The van der Waals surface area contributed by atoms with E-state index in [9.17, 15) is 14.7 Å². The number of H-pyrrole nitrogens is 1. The first kappa shape index (κ1) is 16.5. The maximum Gasteiger partial charge on any atom is 0.328 e. The number of hydrogen-bond acceptors (Lipinski definition) is 6. The van der Waals surface area contributed by atoms with Crippen LogP contribution in [0.25, 0.3) is 0 Å². The summed E-state index contributed by atoms with van der Waals surface area (Å²) >= 11 is 0. The minimum absolute atomic E-state index is 0.384. The van der Waals surface area contributed by atoms with Gasteiger partial charge in [-0.1, -0.05) is 0 Å². The summed E-state index contributed by atoms with van der Waals surface area (Å²) in [6.07, 6.45) is 3.77. The average molecular weight is 331 g/mol. The molecule has 0 amide bonds. The lowest BCUT2D eigenvalue weighted by Crippen LogP contribution is -2.54. The molecule has 2 N–H and O–H groups in total. The SMILES string of the molecule is Cc1nccc(CN2CC[C@@H](n3ccc(=O)[nH]c3=O)[C@](C)(O)C2)n1. The standard InChI is InChI=1S/C16H21N5O3/c1-11-17-6-3-12(18-11)9-20-7-4-13(16(2,24)10-20)21-8-5-14(22)19-15(21)23/h3,5-6,8,13,24H,4,7,9-10H2,1-2H3,(H,19,22,23)/t13-,16-/m1/s1. The van der Waals surface area contributed by atoms with Crippen LogP contribution in [0.1, 0.15) is 30.9 Å². The van der Waals surface area contributed by atoms with Crippen molar-refractivity contribution in [2.75, 3.05) is 13.1 Å². The van der Waals surface area contributed by atoms with Crippen molar-refractivity contribution in [1.82, 2.24) is 24.4 Å². The van der Waals surface area contributed by atoms with Gasteiger partial charge in [-0.3, -0.25) is 19.2 Å². The van der Waals surface area contributed by atoms with Gasteiger partial charge in [0, 0.05) is 38.1 Å². The fourth-order valence-corrected chi connectivity index (χ4v) is 3.32. The molecule has 0 aliphatic carbocycles. The lowest BCUT2D eigenvalue weighted by molar-refractivity contribution is -0.0606. The monoisotopic (exact) mass is 331 g/mol. The van der Waals surface area contributed by atoms with Crippen LogP contribution in [0, 0.1) is 6.92 Å². The topological polar surface area (TPSA) is 104 Å². The summed E-state index contributed by atoms with van der Waals surface area (Å²) in [5.41, 5.74) is -1.12. The van der Waals surface area contributed by atoms with E-state index in [1.807, 2.05) is 13.0 Å². The first-order chi connectivity index (χ1) is 11.3. The minimum atomic E-state index is -1.09. The third-order valence-corrected chi connectivity index (χ3v) is 4.39. The van der Waals surface area contributed by atoms with Crippen LogP contribution in [0.5, 0.6) is 0 Å². The molecule has 1 aliphatic rings. The fraction of sp³-hybridized carbons (Fsp3) is 0.500. The zero-order valence-corrected chi connectivity index (χ0v) is 13.8. The van der Waals surface area contributed by atoms with E-state index in [-0.39, 0.29) is 6.04 Å². The minimum Gasteiger partial charge on any atom is -0.387 e. The molecule has 3 heterocycles. The summed E-state index contributed by atoms with van der Waals surface area (Å²) in [6, 6.07) is 2.78. The highest BCUT2D eigenvalue weighted by molar-refractivity contribution is 5.04. The zero-order chi connectivity index (χ0) is 17.3. The number of aromatic nitrogens is 4. The summed E-state index contributed by atoms with van der Waals surface area (Å²) in [7, 11) is 0. The van der Waals surface area contributed by atoms with Gasteiger partial charge in [0.1, 0.15) is 5.82 Å². The highest BCUT2D eigenvalue weighted by atomic mass is 16.3. The summed E-state index contributed by atoms with van der Waals surface area (Å²) < 4.78 is 1.41. The van der Waals surface area contributed by atoms with E-state index in [2.05, 4.69) is 19.9 Å². The van der Waals surface area contributed by atoms with Crippen molar-refractivity contribution in [2.24, 2.45) is 0 Å². The van der Waals surface area contributed by atoms with Crippen molar-refractivity contribution < 1.29 is 5.11 Å². The first-order valence-electron chi connectivity index (χ1n) is 7.90. The largest absolute Gasteiger partial charge is 0.387 e. The third-order valence-electron chi connectivity index (χ3n) is 4.39. The first-order valence-corrected chi connectivity index (χ1v) is 7.90. The van der Waals surface area contributed by atoms with Crippen molar-refractivity contribution in [3.8, 4) is 0 Å². The average Bonchev–Trinajstić information content (AvgIpc) is 2.48. The van der Waals surface area contributed by atoms with E-state index >= 15 is 0 Å². The Morgan fingerprint density at radius 2 is 2.21 bits per heavy atom. The Morgan fingerprint density at radius 1 is 1.42 bits per heavy atom. The number of rotatable bonds is 3. The smallest absolute Gasteiger partial charge is 0.328 e. The van der Waals surface area contributed by atoms with Gasteiger partial charge in [0.25, 0.3) is 5.56 Å². The number of nitrogens with zero attached hydrogens (tertiary/aromatic N) is 4. The molecule has 0 unspecified atom stereocenters. The molecule has 2 atom stereocenters. The van der Waals surface area contributed by atoms with Gasteiger partial charge in [-0.2, -0.15) is 0 Å². The van der Waals surface area contributed by atoms with E-state index in [0.717, 1.165) is 12.2 Å². The predicted octanol–water partition coefficient (Wildman–Crippen LogP) is -0.167. The molecular weight excluding hydrogens is 310 g/mol. The van der Waals surface area contributed by atoms with E-state index < -0.39 is 16.9 Å². The lowest BCUT2D eigenvalue weighted by Gasteiger charge is -2.43. The van der Waals surface area contributed by atoms with Crippen LogP contribution in [-0.2, 0) is 6.54 Å². The van der Waals surface area contributed by atoms with Gasteiger partial charge in [-0.25, -0.2) is 14.8 Å². The fourth-order valence-electron chi connectivity index (χ4n) is 3.32. The van der Waals surface area contributed by atoms with Crippen LogP contribution in [0.3, 0.4) is 0 Å². The number of likely N-dealkylation sites (tertiary alicyclic amines) is 1. The third kappa shape index (κ3) is 3.44. The second kappa shape index (κ2) is 6.29. The molecular formula is C16H21N5O3. The number of β-amino-alcohol motifs (C(OH)–C–C–N with tert-alkyl or cyclic N) is 1. The molecule has 0 aromatic carbocycles. The Morgan fingerprint density at radius 3 is 2.88 bits per heavy atom. The Bertz CT molecular complexity index is 842. The Kier molecular flexibility index (Phi) is 4.33. The van der Waals surface area contributed by atoms with Crippen molar-refractivity contribution in [3.63, 3.8) is 0 Å². The molecule has 0 radical (unpaired) electrons. The summed E-state index contributed by atoms with van der Waals surface area (Å²) in [4.78, 5) is 36.0. The van der Waals surface area contributed by atoms with Gasteiger partial charge in [0.15, 0.2) is 0 Å². The molecule has 128 valence electrons. The van der Waals surface area contributed by atoms with E-state index in [1.54, 1.807) is 13.1 Å². The molecule has 2 aromatic heterocycles. The Balaban J connectivity index is 1.77. The quantitative estimate of drug-likeness (QED) is 0.809. The second-order valence-corrected chi connectivity index (χ2v) is 6.48. The van der Waals surface area contributed by atoms with Crippen LogP contribution in [-0.4, -0.2) is 48.2 Å². The van der Waals surface area contributed by atoms with Crippen molar-refractivity contribution >= 4 is 0 Å². The van der Waals surface area contributed by atoms with Gasteiger partial charge in [0.05, 0.1) is 17.3 Å². The van der Waals surface area contributed by atoms with Crippen LogP contribution in [0.4, 0.5) is 0 Å². The molecule has 0 bridgehead atoms. The zero-order valence-electron chi connectivity index (χ0n) is 13.8. The van der Waals surface area contributed by atoms with Crippen molar-refractivity contribution in [1.29, 1.82) is 0 Å². The van der Waals surface area contributed by atoms with E-state index in [1.165, 1.54) is 16.8 Å². The number of aromatic amines is 1. The highest BCUT2D eigenvalue weighted by Crippen LogP contribution is 2.31. The van der Waals surface area contributed by atoms with Crippen LogP contribution in [0.2, 0.25) is 0 Å². The molecule has 8 heteroatoms. The Hall–Kier alpha value is -2.32. The second-order valence-electron chi connectivity index (χ2n) is 6.48. The molecule has 3 rings (SSSR count). The normalized spacial score (nSPS) is 24.9. The highest BCUT2D eigenvalue weighted by Gasteiger charge is 2.39. The molecule has 1 fully saturated rings. The van der Waals surface area contributed by atoms with Gasteiger partial charge >= 0.3 is 5.69 Å². The molecule has 0 spiro atoms. The maximum absolute atomic E-state index is 12.0. The van der Waals surface area contributed by atoms with E-state index in [4.69, 9.17) is 0 Å². The van der Waals surface area contributed by atoms with Crippen molar-refractivity contribution in [2.45, 2.75) is 38.5 Å². The van der Waals surface area contributed by atoms with Crippen LogP contribution >= 0.6 is 0 Å². The number of aliphatic hydroxyl groups is 1. The van der Waals surface area contributed by atoms with Gasteiger partial charge < -0.3 is 5.11 Å². The number of nitrogens with one attached hydrogen (secondary N) is 1. The summed E-state index contributed by atoms with van der Waals surface area (Å²) in [6.45, 7) is 5.30. The lowest BCUT2D eigenvalue weighted by atomic mass is 9.88. The Labute approximate surface area is 138 Å². The predicted molar refractivity (Wildman–Crippen MR) is 87.6 cm³/mol. The van der Waals surface area contributed by atoms with Crippen LogP contribution in [0.15, 0.2) is 34.1 Å². The molecule has 1 saturated heterocycles. The number of hydrogen-bond donors (Lipinski definition) is 2. The number of aryl methyl sites for hydroxylation is 1. The number of piperidine rings is 1. The van der Waals surface area contributed by atoms with Gasteiger partial charge in [-0.05, 0) is 26.3 Å². The molecule has 0 saturated carbocycles. The van der Waals surface area contributed by atoms with Gasteiger partial charge in [-0.15, -0.1) is 0 Å². The van der Waals surface area contributed by atoms with Crippen molar-refractivity contribution in [3.05, 3.63) is 56.9 Å². The van der Waals surface area contributed by atoms with Gasteiger partial charge in [0.2, 0.25) is 0 Å². The molecule has 1 aliphatic heterocycles. The summed E-state index contributed by atoms with van der Waals surface area (Å²) in [5, 5.41) is 10.9.